The van der Waals surface area contributed by atoms with Crippen LogP contribution in [0.25, 0.3) is 10.9 Å². The summed E-state index contributed by atoms with van der Waals surface area (Å²) in [7, 11) is 0. The number of H-pyrrole nitrogens is 1. The standard InChI is InChI=1S/C22H28N6O2/c1-15-7-8-16-13-18(22(29)23-19(16)12-15)20(27-9-3-2-4-10-27)21-24-25-26-28(21)14-17-6-5-11-30-17/h7-8,12-13,17,20H,2-6,9-11,14H2,1H3,(H,23,29)/t17-,20+/m0/s1. The number of aromatic amines is 1. The highest BCUT2D eigenvalue weighted by molar-refractivity contribution is 5.79. The van der Waals surface area contributed by atoms with Crippen LogP contribution in [0.5, 0.6) is 0 Å². The number of ether oxygens (including phenoxy) is 1. The zero-order valence-electron chi connectivity index (χ0n) is 17.4. The number of hydrogen-bond donors (Lipinski definition) is 1. The van der Waals surface area contributed by atoms with Crippen LogP contribution >= 0.6 is 0 Å². The minimum Gasteiger partial charge on any atom is -0.376 e. The van der Waals surface area contributed by atoms with Crippen LogP contribution in [-0.2, 0) is 11.3 Å². The molecule has 4 heterocycles. The number of nitrogens with one attached hydrogen (secondary N) is 1. The quantitative estimate of drug-likeness (QED) is 0.698. The molecule has 2 fully saturated rings. The number of hydrogen-bond acceptors (Lipinski definition) is 6. The van der Waals surface area contributed by atoms with E-state index < -0.39 is 0 Å². The van der Waals surface area contributed by atoms with E-state index in [1.807, 2.05) is 23.7 Å². The van der Waals surface area contributed by atoms with Gasteiger partial charge in [0.25, 0.3) is 5.56 Å². The SMILES string of the molecule is Cc1ccc2cc([C@H](c3nnnn3C[C@@H]3CCCO3)N3CCCCC3)c(=O)[nH]c2c1. The first-order chi connectivity index (χ1) is 14.7. The third-order valence-electron chi connectivity index (χ3n) is 6.29. The minimum atomic E-state index is -0.267. The molecular weight excluding hydrogens is 380 g/mol. The van der Waals surface area contributed by atoms with Crippen LogP contribution in [0.15, 0.2) is 29.1 Å². The molecule has 5 rings (SSSR count). The number of pyridine rings is 1. The van der Waals surface area contributed by atoms with Gasteiger partial charge in [-0.3, -0.25) is 9.69 Å². The fraction of sp³-hybridized carbons (Fsp3) is 0.545. The summed E-state index contributed by atoms with van der Waals surface area (Å²) in [6, 6.07) is 7.89. The van der Waals surface area contributed by atoms with Crippen LogP contribution in [0, 0.1) is 6.92 Å². The highest BCUT2D eigenvalue weighted by Crippen LogP contribution is 2.30. The molecule has 30 heavy (non-hydrogen) atoms. The molecule has 2 aliphatic rings. The van der Waals surface area contributed by atoms with Gasteiger partial charge in [-0.15, -0.1) is 5.10 Å². The maximum absolute atomic E-state index is 13.2. The second-order valence-electron chi connectivity index (χ2n) is 8.50. The lowest BCUT2D eigenvalue weighted by molar-refractivity contribution is 0.0902. The average molecular weight is 409 g/mol. The Balaban J connectivity index is 1.59. The number of likely N-dealkylation sites (tertiary alicyclic amines) is 1. The van der Waals surface area contributed by atoms with E-state index in [-0.39, 0.29) is 17.7 Å². The molecule has 0 aliphatic carbocycles. The van der Waals surface area contributed by atoms with Gasteiger partial charge in [0.1, 0.15) is 6.04 Å². The van der Waals surface area contributed by atoms with Gasteiger partial charge in [-0.1, -0.05) is 18.6 Å². The van der Waals surface area contributed by atoms with E-state index in [0.717, 1.165) is 67.7 Å². The molecule has 0 saturated carbocycles. The van der Waals surface area contributed by atoms with Crippen molar-refractivity contribution in [3.05, 3.63) is 51.6 Å². The maximum atomic E-state index is 13.2. The van der Waals surface area contributed by atoms with E-state index in [0.29, 0.717) is 12.1 Å². The second kappa shape index (κ2) is 8.28. The third kappa shape index (κ3) is 3.77. The van der Waals surface area contributed by atoms with E-state index >= 15 is 0 Å². The summed E-state index contributed by atoms with van der Waals surface area (Å²) in [6.45, 7) is 5.31. The number of piperidine rings is 1. The third-order valence-corrected chi connectivity index (χ3v) is 6.29. The number of tetrazole rings is 1. The van der Waals surface area contributed by atoms with Gasteiger partial charge in [-0.2, -0.15) is 0 Å². The molecule has 0 unspecified atom stereocenters. The van der Waals surface area contributed by atoms with Gasteiger partial charge < -0.3 is 9.72 Å². The fourth-order valence-electron chi connectivity index (χ4n) is 4.73. The van der Waals surface area contributed by atoms with Gasteiger partial charge in [0, 0.05) is 17.7 Å². The predicted molar refractivity (Wildman–Crippen MR) is 113 cm³/mol. The van der Waals surface area contributed by atoms with Crippen LogP contribution in [0.4, 0.5) is 0 Å². The first-order valence-corrected chi connectivity index (χ1v) is 10.9. The van der Waals surface area contributed by atoms with Crippen molar-refractivity contribution < 1.29 is 4.74 Å². The van der Waals surface area contributed by atoms with Crippen LogP contribution in [-0.4, -0.2) is 55.9 Å². The Bertz CT molecular complexity index is 1080. The lowest BCUT2D eigenvalue weighted by atomic mass is 10.00. The molecule has 158 valence electrons. The molecule has 8 heteroatoms. The molecule has 0 amide bonds. The van der Waals surface area contributed by atoms with Crippen molar-refractivity contribution >= 4 is 10.9 Å². The summed E-state index contributed by atoms with van der Waals surface area (Å²) in [5, 5.41) is 13.7. The molecule has 0 bridgehead atoms. The molecule has 1 N–H and O–H groups in total. The smallest absolute Gasteiger partial charge is 0.253 e. The Labute approximate surface area is 175 Å². The summed E-state index contributed by atoms with van der Waals surface area (Å²) in [4.78, 5) is 18.6. The van der Waals surface area contributed by atoms with Crippen molar-refractivity contribution in [2.75, 3.05) is 19.7 Å². The number of aromatic nitrogens is 5. The number of aryl methyl sites for hydroxylation is 1. The molecule has 2 aromatic heterocycles. The normalized spacial score (nSPS) is 21.3. The highest BCUT2D eigenvalue weighted by atomic mass is 16.5. The van der Waals surface area contributed by atoms with Crippen molar-refractivity contribution in [2.45, 2.75) is 57.7 Å². The van der Waals surface area contributed by atoms with Gasteiger partial charge in [0.05, 0.1) is 12.6 Å². The molecule has 1 aromatic carbocycles. The summed E-state index contributed by atoms with van der Waals surface area (Å²) in [5.74, 6) is 0.726. The first-order valence-electron chi connectivity index (χ1n) is 10.9. The van der Waals surface area contributed by atoms with Crippen molar-refractivity contribution in [2.24, 2.45) is 0 Å². The number of nitrogens with zero attached hydrogens (tertiary/aromatic N) is 5. The Hall–Kier alpha value is -2.58. The Morgan fingerprint density at radius 1 is 1.20 bits per heavy atom. The number of benzene rings is 1. The highest BCUT2D eigenvalue weighted by Gasteiger charge is 2.32. The Morgan fingerprint density at radius 2 is 2.07 bits per heavy atom. The van der Waals surface area contributed by atoms with E-state index in [9.17, 15) is 4.79 Å². The molecule has 2 saturated heterocycles. The first kappa shape index (κ1) is 19.4. The van der Waals surface area contributed by atoms with Crippen molar-refractivity contribution in [3.8, 4) is 0 Å². The summed E-state index contributed by atoms with van der Waals surface area (Å²) in [5.41, 5.74) is 2.62. The number of rotatable bonds is 5. The average Bonchev–Trinajstić information content (AvgIpc) is 3.42. The lowest BCUT2D eigenvalue weighted by Gasteiger charge is -2.33. The van der Waals surface area contributed by atoms with Crippen LogP contribution < -0.4 is 5.56 Å². The van der Waals surface area contributed by atoms with E-state index in [2.05, 4.69) is 37.5 Å². The van der Waals surface area contributed by atoms with Crippen molar-refractivity contribution in [1.29, 1.82) is 0 Å². The summed E-state index contributed by atoms with van der Waals surface area (Å²) >= 11 is 0. The van der Waals surface area contributed by atoms with Crippen molar-refractivity contribution in [3.63, 3.8) is 0 Å². The molecule has 8 nitrogen and oxygen atoms in total. The Kier molecular flexibility index (Phi) is 5.35. The van der Waals surface area contributed by atoms with Crippen LogP contribution in [0.3, 0.4) is 0 Å². The topological polar surface area (TPSA) is 88.9 Å². The van der Waals surface area contributed by atoms with Gasteiger partial charge >= 0.3 is 0 Å². The molecule has 3 aromatic rings. The van der Waals surface area contributed by atoms with E-state index in [1.165, 1.54) is 6.42 Å². The predicted octanol–water partition coefficient (Wildman–Crippen LogP) is 2.58. The minimum absolute atomic E-state index is 0.0738. The van der Waals surface area contributed by atoms with Gasteiger partial charge in [0.2, 0.25) is 0 Å². The molecule has 0 radical (unpaired) electrons. The zero-order chi connectivity index (χ0) is 20.5. The lowest BCUT2D eigenvalue weighted by Crippen LogP contribution is -2.39. The Morgan fingerprint density at radius 3 is 2.87 bits per heavy atom. The zero-order valence-corrected chi connectivity index (χ0v) is 17.4. The monoisotopic (exact) mass is 408 g/mol. The molecule has 2 aliphatic heterocycles. The van der Waals surface area contributed by atoms with Crippen LogP contribution in [0.1, 0.15) is 55.1 Å². The maximum Gasteiger partial charge on any atom is 0.253 e. The summed E-state index contributed by atoms with van der Waals surface area (Å²) < 4.78 is 7.65. The van der Waals surface area contributed by atoms with E-state index in [1.54, 1.807) is 0 Å². The molecule has 0 spiro atoms. The molecule has 2 atom stereocenters. The fourth-order valence-corrected chi connectivity index (χ4v) is 4.73. The largest absolute Gasteiger partial charge is 0.376 e. The van der Waals surface area contributed by atoms with Gasteiger partial charge in [-0.25, -0.2) is 4.68 Å². The van der Waals surface area contributed by atoms with E-state index in [4.69, 9.17) is 4.74 Å². The second-order valence-corrected chi connectivity index (χ2v) is 8.50. The van der Waals surface area contributed by atoms with Crippen molar-refractivity contribution in [1.82, 2.24) is 30.1 Å². The molecular formula is C22H28N6O2. The van der Waals surface area contributed by atoms with Gasteiger partial charge in [0.15, 0.2) is 5.82 Å². The number of fused-ring (bicyclic) bond motifs is 1. The van der Waals surface area contributed by atoms with Gasteiger partial charge in [-0.05, 0) is 79.2 Å². The van der Waals surface area contributed by atoms with Crippen LogP contribution in [0.2, 0.25) is 0 Å². The summed E-state index contributed by atoms with van der Waals surface area (Å²) in [6.07, 6.45) is 5.68.